The molecule has 2 fully saturated rings. The maximum absolute atomic E-state index is 6.14. The van der Waals surface area contributed by atoms with Gasteiger partial charge in [-0.15, -0.1) is 0 Å². The van der Waals surface area contributed by atoms with Gasteiger partial charge < -0.3 is 15.5 Å². The van der Waals surface area contributed by atoms with Gasteiger partial charge in [-0.25, -0.2) is 0 Å². The van der Waals surface area contributed by atoms with Crippen molar-refractivity contribution < 1.29 is 0 Å². The Balaban J connectivity index is 1.61. The van der Waals surface area contributed by atoms with Crippen LogP contribution in [0.15, 0.2) is 0 Å². The third-order valence-corrected chi connectivity index (χ3v) is 5.01. The maximum Gasteiger partial charge on any atom is 0.00676 e. The van der Waals surface area contributed by atoms with Crippen molar-refractivity contribution in [1.29, 1.82) is 0 Å². The van der Waals surface area contributed by atoms with Gasteiger partial charge in [-0.2, -0.15) is 0 Å². The molecule has 1 aliphatic heterocycles. The molecule has 1 saturated heterocycles. The molecule has 0 aromatic rings. The van der Waals surface area contributed by atoms with Gasteiger partial charge in [0.25, 0.3) is 0 Å². The lowest BCUT2D eigenvalue weighted by Crippen LogP contribution is -2.36. The average molecular weight is 253 g/mol. The van der Waals surface area contributed by atoms with E-state index in [-0.39, 0.29) is 0 Å². The van der Waals surface area contributed by atoms with Crippen molar-refractivity contribution in [3.8, 4) is 0 Å². The predicted octanol–water partition coefficient (Wildman–Crippen LogP) is 1.78. The van der Waals surface area contributed by atoms with Crippen LogP contribution in [0.2, 0.25) is 0 Å². The standard InChI is InChI=1S/C15H31N3/c1-17-9-6-13(7-10-17)12-18(2)11-8-14-4-3-5-15(14)16/h13-15H,3-12,16H2,1-2H3. The van der Waals surface area contributed by atoms with Crippen LogP contribution < -0.4 is 5.73 Å². The number of hydrogen-bond acceptors (Lipinski definition) is 3. The fraction of sp³-hybridized carbons (Fsp3) is 1.00. The Morgan fingerprint density at radius 1 is 1.17 bits per heavy atom. The molecular weight excluding hydrogens is 222 g/mol. The van der Waals surface area contributed by atoms with Crippen LogP contribution in [-0.4, -0.2) is 56.1 Å². The van der Waals surface area contributed by atoms with Crippen molar-refractivity contribution in [2.45, 2.75) is 44.6 Å². The summed E-state index contributed by atoms with van der Waals surface area (Å²) in [5.41, 5.74) is 6.14. The largest absolute Gasteiger partial charge is 0.327 e. The lowest BCUT2D eigenvalue weighted by atomic mass is 9.96. The molecule has 0 radical (unpaired) electrons. The van der Waals surface area contributed by atoms with Crippen LogP contribution in [0.5, 0.6) is 0 Å². The van der Waals surface area contributed by atoms with Crippen LogP contribution >= 0.6 is 0 Å². The summed E-state index contributed by atoms with van der Waals surface area (Å²) >= 11 is 0. The molecule has 1 saturated carbocycles. The monoisotopic (exact) mass is 253 g/mol. The molecule has 1 aliphatic carbocycles. The van der Waals surface area contributed by atoms with Crippen LogP contribution in [0.1, 0.15) is 38.5 Å². The van der Waals surface area contributed by atoms with Crippen molar-refractivity contribution in [3.05, 3.63) is 0 Å². The molecule has 0 aromatic heterocycles. The van der Waals surface area contributed by atoms with E-state index in [0.717, 1.165) is 11.8 Å². The van der Waals surface area contributed by atoms with Crippen molar-refractivity contribution in [2.75, 3.05) is 40.3 Å². The maximum atomic E-state index is 6.14. The molecule has 106 valence electrons. The molecule has 2 atom stereocenters. The number of piperidine rings is 1. The summed E-state index contributed by atoms with van der Waals surface area (Å²) in [5.74, 6) is 1.72. The first kappa shape index (κ1) is 14.3. The Morgan fingerprint density at radius 2 is 1.89 bits per heavy atom. The molecule has 3 heteroatoms. The van der Waals surface area contributed by atoms with Gasteiger partial charge in [0.15, 0.2) is 0 Å². The quantitative estimate of drug-likeness (QED) is 0.810. The fourth-order valence-electron chi connectivity index (χ4n) is 3.59. The first-order valence-corrected chi connectivity index (χ1v) is 7.78. The molecule has 18 heavy (non-hydrogen) atoms. The minimum atomic E-state index is 0.488. The summed E-state index contributed by atoms with van der Waals surface area (Å²) in [6, 6.07) is 0.488. The van der Waals surface area contributed by atoms with Crippen LogP contribution in [0.4, 0.5) is 0 Å². The molecule has 0 spiro atoms. The molecule has 0 amide bonds. The fourth-order valence-corrected chi connectivity index (χ4v) is 3.59. The van der Waals surface area contributed by atoms with Gasteiger partial charge in [0, 0.05) is 12.6 Å². The minimum absolute atomic E-state index is 0.488. The predicted molar refractivity (Wildman–Crippen MR) is 77.7 cm³/mol. The van der Waals surface area contributed by atoms with E-state index in [1.54, 1.807) is 0 Å². The van der Waals surface area contributed by atoms with E-state index in [1.807, 2.05) is 0 Å². The Hall–Kier alpha value is -0.120. The molecule has 2 rings (SSSR count). The van der Waals surface area contributed by atoms with E-state index in [2.05, 4.69) is 23.9 Å². The van der Waals surface area contributed by atoms with Gasteiger partial charge >= 0.3 is 0 Å². The SMILES string of the molecule is CN1CCC(CN(C)CCC2CCCC2N)CC1. The molecule has 2 N–H and O–H groups in total. The van der Waals surface area contributed by atoms with Crippen LogP contribution in [0, 0.1) is 11.8 Å². The van der Waals surface area contributed by atoms with E-state index in [9.17, 15) is 0 Å². The van der Waals surface area contributed by atoms with E-state index in [0.29, 0.717) is 6.04 Å². The van der Waals surface area contributed by atoms with Crippen molar-refractivity contribution in [3.63, 3.8) is 0 Å². The summed E-state index contributed by atoms with van der Waals surface area (Å²) in [6.45, 7) is 5.10. The third-order valence-electron chi connectivity index (χ3n) is 5.01. The average Bonchev–Trinajstić information content (AvgIpc) is 2.75. The van der Waals surface area contributed by atoms with E-state index >= 15 is 0 Å². The normalized spacial score (nSPS) is 31.3. The van der Waals surface area contributed by atoms with Crippen LogP contribution in [0.25, 0.3) is 0 Å². The van der Waals surface area contributed by atoms with Gasteiger partial charge in [-0.3, -0.25) is 0 Å². The van der Waals surface area contributed by atoms with E-state index < -0.39 is 0 Å². The van der Waals surface area contributed by atoms with E-state index in [4.69, 9.17) is 5.73 Å². The zero-order chi connectivity index (χ0) is 13.0. The highest BCUT2D eigenvalue weighted by atomic mass is 15.1. The van der Waals surface area contributed by atoms with Crippen molar-refractivity contribution in [1.82, 2.24) is 9.80 Å². The highest BCUT2D eigenvalue weighted by Crippen LogP contribution is 2.27. The molecule has 3 nitrogen and oxygen atoms in total. The second kappa shape index (κ2) is 6.88. The second-order valence-electron chi connectivity index (χ2n) is 6.65. The molecule has 1 heterocycles. The summed E-state index contributed by atoms with van der Waals surface area (Å²) in [6.07, 6.45) is 8.04. The Morgan fingerprint density at radius 3 is 2.50 bits per heavy atom. The highest BCUT2D eigenvalue weighted by molar-refractivity contribution is 4.81. The minimum Gasteiger partial charge on any atom is -0.327 e. The zero-order valence-electron chi connectivity index (χ0n) is 12.3. The summed E-state index contributed by atoms with van der Waals surface area (Å²) in [5, 5.41) is 0. The summed E-state index contributed by atoms with van der Waals surface area (Å²) < 4.78 is 0. The first-order chi connectivity index (χ1) is 8.65. The number of hydrogen-bond donors (Lipinski definition) is 1. The van der Waals surface area contributed by atoms with Crippen molar-refractivity contribution >= 4 is 0 Å². The van der Waals surface area contributed by atoms with Gasteiger partial charge in [0.05, 0.1) is 0 Å². The topological polar surface area (TPSA) is 32.5 Å². The molecule has 2 unspecified atom stereocenters. The Labute approximate surface area is 113 Å². The molecule has 2 aliphatic rings. The van der Waals surface area contributed by atoms with Gasteiger partial charge in [0.1, 0.15) is 0 Å². The number of nitrogens with two attached hydrogens (primary N) is 1. The van der Waals surface area contributed by atoms with Gasteiger partial charge in [0.2, 0.25) is 0 Å². The number of likely N-dealkylation sites (tertiary alicyclic amines) is 1. The van der Waals surface area contributed by atoms with E-state index in [1.165, 1.54) is 64.7 Å². The Bertz CT molecular complexity index is 236. The van der Waals surface area contributed by atoms with Crippen molar-refractivity contribution in [2.24, 2.45) is 17.6 Å². The van der Waals surface area contributed by atoms with Crippen LogP contribution in [-0.2, 0) is 0 Å². The third kappa shape index (κ3) is 4.22. The van der Waals surface area contributed by atoms with Gasteiger partial charge in [-0.1, -0.05) is 6.42 Å². The molecule has 0 aromatic carbocycles. The second-order valence-corrected chi connectivity index (χ2v) is 6.65. The van der Waals surface area contributed by atoms with Gasteiger partial charge in [-0.05, 0) is 77.7 Å². The smallest absolute Gasteiger partial charge is 0.00676 e. The highest BCUT2D eigenvalue weighted by Gasteiger charge is 2.24. The first-order valence-electron chi connectivity index (χ1n) is 7.78. The zero-order valence-corrected chi connectivity index (χ0v) is 12.3. The lowest BCUT2D eigenvalue weighted by Gasteiger charge is -2.32. The van der Waals surface area contributed by atoms with Crippen LogP contribution in [0.3, 0.4) is 0 Å². The summed E-state index contributed by atoms with van der Waals surface area (Å²) in [4.78, 5) is 5.00. The lowest BCUT2D eigenvalue weighted by molar-refractivity contribution is 0.171. The number of nitrogens with zero attached hydrogens (tertiary/aromatic N) is 2. The Kier molecular flexibility index (Phi) is 5.46. The molecular formula is C15H31N3. The summed E-state index contributed by atoms with van der Waals surface area (Å²) in [7, 11) is 4.53. The molecule has 0 bridgehead atoms. The number of rotatable bonds is 5.